The second kappa shape index (κ2) is 3.29. The fourth-order valence-corrected chi connectivity index (χ4v) is 0.975. The lowest BCUT2D eigenvalue weighted by Gasteiger charge is -2.16. The molecule has 1 heterocycles. The number of dihydropyridines is 1. The van der Waals surface area contributed by atoms with Gasteiger partial charge in [-0.1, -0.05) is 0 Å². The van der Waals surface area contributed by atoms with E-state index in [0.29, 0.717) is 0 Å². The van der Waals surface area contributed by atoms with Gasteiger partial charge >= 0.3 is 12.4 Å². The lowest BCUT2D eigenvalue weighted by molar-refractivity contribution is -0.0943. The van der Waals surface area contributed by atoms with Crippen molar-refractivity contribution < 1.29 is 26.3 Å². The first-order chi connectivity index (χ1) is 6.21. The second-order valence-electron chi connectivity index (χ2n) is 2.68. The number of hydrogen-bond donors (Lipinski definition) is 0. The lowest BCUT2D eigenvalue weighted by Crippen LogP contribution is -2.27. The third kappa shape index (κ3) is 2.49. The molecule has 80 valence electrons. The van der Waals surface area contributed by atoms with Crippen LogP contribution in [0.5, 0.6) is 0 Å². The minimum atomic E-state index is -4.81. The Labute approximate surface area is 75.1 Å². The first-order valence-corrected chi connectivity index (χ1v) is 3.60. The highest BCUT2D eigenvalue weighted by Gasteiger charge is 2.40. The molecule has 0 unspecified atom stereocenters. The molecule has 0 saturated carbocycles. The van der Waals surface area contributed by atoms with E-state index in [9.17, 15) is 26.3 Å². The van der Waals surface area contributed by atoms with Crippen molar-refractivity contribution in [3.8, 4) is 0 Å². The summed E-state index contributed by atoms with van der Waals surface area (Å²) in [6, 6.07) is 0. The molecule has 0 aliphatic carbocycles. The molecule has 0 aromatic rings. The average molecular weight is 217 g/mol. The van der Waals surface area contributed by atoms with Gasteiger partial charge in [0.2, 0.25) is 0 Å². The van der Waals surface area contributed by atoms with Crippen molar-refractivity contribution in [3.63, 3.8) is 0 Å². The predicted octanol–water partition coefficient (Wildman–Crippen LogP) is 2.88. The normalized spacial score (nSPS) is 19.0. The van der Waals surface area contributed by atoms with Gasteiger partial charge in [-0.25, -0.2) is 0 Å². The van der Waals surface area contributed by atoms with E-state index in [2.05, 4.69) is 4.99 Å². The first kappa shape index (κ1) is 11.1. The highest BCUT2D eigenvalue weighted by molar-refractivity contribution is 6.00. The molecule has 14 heavy (non-hydrogen) atoms. The highest BCUT2D eigenvalue weighted by atomic mass is 19.4. The lowest BCUT2D eigenvalue weighted by atomic mass is 10.1. The zero-order valence-electron chi connectivity index (χ0n) is 6.71. The van der Waals surface area contributed by atoms with Crippen LogP contribution in [0, 0.1) is 0 Å². The second-order valence-corrected chi connectivity index (χ2v) is 2.68. The van der Waals surface area contributed by atoms with Crippen molar-refractivity contribution in [2.45, 2.75) is 18.8 Å². The van der Waals surface area contributed by atoms with Crippen molar-refractivity contribution >= 4 is 5.71 Å². The average Bonchev–Trinajstić information content (AvgIpc) is 2.01. The molecule has 0 spiro atoms. The highest BCUT2D eigenvalue weighted by Crippen LogP contribution is 2.32. The predicted molar refractivity (Wildman–Crippen MR) is 37.1 cm³/mol. The zero-order chi connectivity index (χ0) is 11.0. The zero-order valence-corrected chi connectivity index (χ0v) is 6.71. The Balaban J connectivity index is 2.95. The monoisotopic (exact) mass is 217 g/mol. The number of aliphatic imine (C=N–C) groups is 1. The van der Waals surface area contributed by atoms with Gasteiger partial charge in [0.15, 0.2) is 0 Å². The van der Waals surface area contributed by atoms with Crippen molar-refractivity contribution in [1.29, 1.82) is 0 Å². The molecule has 0 aromatic carbocycles. The Morgan fingerprint density at radius 2 is 1.57 bits per heavy atom. The van der Waals surface area contributed by atoms with E-state index >= 15 is 0 Å². The summed E-state index contributed by atoms with van der Waals surface area (Å²) in [5.41, 5.74) is -2.64. The maximum atomic E-state index is 12.0. The van der Waals surface area contributed by atoms with Crippen molar-refractivity contribution in [2.24, 2.45) is 4.99 Å². The van der Waals surface area contributed by atoms with E-state index in [1.165, 1.54) is 0 Å². The van der Waals surface area contributed by atoms with E-state index in [1.807, 2.05) is 0 Å². The smallest absolute Gasteiger partial charge is 0.280 e. The molecule has 0 fully saturated rings. The van der Waals surface area contributed by atoms with E-state index in [-0.39, 0.29) is 6.08 Å². The van der Waals surface area contributed by atoms with E-state index in [0.717, 1.165) is 0 Å². The number of rotatable bonds is 0. The van der Waals surface area contributed by atoms with Crippen molar-refractivity contribution in [3.05, 3.63) is 11.6 Å². The molecule has 0 aromatic heterocycles. The van der Waals surface area contributed by atoms with Crippen LogP contribution < -0.4 is 0 Å². The third-order valence-electron chi connectivity index (χ3n) is 1.63. The molecule has 0 amide bonds. The van der Waals surface area contributed by atoms with Crippen LogP contribution in [0.3, 0.4) is 0 Å². The molecular weight excluding hydrogens is 212 g/mol. The third-order valence-corrected chi connectivity index (χ3v) is 1.63. The summed E-state index contributed by atoms with van der Waals surface area (Å²) >= 11 is 0. The molecule has 0 atom stereocenters. The minimum absolute atomic E-state index is 0.0590. The maximum absolute atomic E-state index is 12.0. The number of allylic oxidation sites excluding steroid dienone is 1. The molecular formula is C7H5F6N. The van der Waals surface area contributed by atoms with Crippen LogP contribution in [-0.4, -0.2) is 24.6 Å². The Kier molecular flexibility index (Phi) is 2.60. The summed E-state index contributed by atoms with van der Waals surface area (Å²) in [7, 11) is 0. The maximum Gasteiger partial charge on any atom is 0.432 e. The van der Waals surface area contributed by atoms with Crippen LogP contribution in [0.25, 0.3) is 0 Å². The summed E-state index contributed by atoms with van der Waals surface area (Å²) in [5, 5.41) is 0. The summed E-state index contributed by atoms with van der Waals surface area (Å²) in [4.78, 5) is 2.98. The number of nitrogens with zero attached hydrogens (tertiary/aromatic N) is 1. The molecule has 0 saturated heterocycles. The van der Waals surface area contributed by atoms with E-state index in [1.54, 1.807) is 0 Å². The topological polar surface area (TPSA) is 12.4 Å². The number of hydrogen-bond acceptors (Lipinski definition) is 1. The van der Waals surface area contributed by atoms with Crippen molar-refractivity contribution in [2.75, 3.05) is 6.54 Å². The van der Waals surface area contributed by atoms with Gasteiger partial charge in [-0.3, -0.25) is 4.99 Å². The Bertz CT molecular complexity index is 282. The Hall–Kier alpha value is -1.01. The van der Waals surface area contributed by atoms with Gasteiger partial charge in [-0.05, 0) is 12.5 Å². The number of alkyl halides is 6. The van der Waals surface area contributed by atoms with Gasteiger partial charge in [0.05, 0.1) is 0 Å². The van der Waals surface area contributed by atoms with Gasteiger partial charge < -0.3 is 0 Å². The van der Waals surface area contributed by atoms with E-state index in [4.69, 9.17) is 0 Å². The summed E-state index contributed by atoms with van der Waals surface area (Å²) in [6.45, 7) is -0.472. The van der Waals surface area contributed by atoms with Gasteiger partial charge in [0.25, 0.3) is 0 Å². The van der Waals surface area contributed by atoms with Crippen LogP contribution in [-0.2, 0) is 0 Å². The van der Waals surface area contributed by atoms with Crippen LogP contribution >= 0.6 is 0 Å². The fourth-order valence-electron chi connectivity index (χ4n) is 0.975. The standard InChI is InChI=1S/C7H5F6N/c8-6(9,10)4-1-2-14-5(3-4)7(11,12)13/h3H,1-2H2. The van der Waals surface area contributed by atoms with Crippen LogP contribution in [0.4, 0.5) is 26.3 Å². The summed E-state index contributed by atoms with van der Waals surface area (Å²) in [5.74, 6) is 0. The molecule has 1 aliphatic heterocycles. The van der Waals surface area contributed by atoms with E-state index < -0.39 is 36.6 Å². The van der Waals surface area contributed by atoms with Crippen LogP contribution in [0.2, 0.25) is 0 Å². The summed E-state index contributed by atoms with van der Waals surface area (Å²) in [6.07, 6.45) is -9.95. The number of halogens is 6. The van der Waals surface area contributed by atoms with Gasteiger partial charge in [-0.2, -0.15) is 26.3 Å². The van der Waals surface area contributed by atoms with Crippen molar-refractivity contribution in [1.82, 2.24) is 0 Å². The van der Waals surface area contributed by atoms with Gasteiger partial charge in [-0.15, -0.1) is 0 Å². The van der Waals surface area contributed by atoms with Gasteiger partial charge in [0.1, 0.15) is 5.71 Å². The SMILES string of the molecule is FC(F)(F)C1=CC(C(F)(F)F)=NCC1. The minimum Gasteiger partial charge on any atom is -0.280 e. The van der Waals surface area contributed by atoms with Gasteiger partial charge in [0, 0.05) is 12.1 Å². The molecule has 1 aliphatic rings. The Morgan fingerprint density at radius 3 is 2.00 bits per heavy atom. The molecule has 0 radical (unpaired) electrons. The summed E-state index contributed by atoms with van der Waals surface area (Å²) < 4.78 is 71.9. The quantitative estimate of drug-likeness (QED) is 0.553. The molecule has 0 N–H and O–H groups in total. The molecule has 7 heteroatoms. The fraction of sp³-hybridized carbons (Fsp3) is 0.571. The van der Waals surface area contributed by atoms with Crippen LogP contribution in [0.15, 0.2) is 16.6 Å². The Morgan fingerprint density at radius 1 is 1.00 bits per heavy atom. The van der Waals surface area contributed by atoms with Crippen LogP contribution in [0.1, 0.15) is 6.42 Å². The largest absolute Gasteiger partial charge is 0.432 e. The first-order valence-electron chi connectivity index (χ1n) is 3.60. The molecule has 0 bridgehead atoms. The molecule has 1 nitrogen and oxygen atoms in total. The molecule has 1 rings (SSSR count).